The Morgan fingerprint density at radius 1 is 1.50 bits per heavy atom. The Morgan fingerprint density at radius 3 is 2.50 bits per heavy atom. The van der Waals surface area contributed by atoms with Crippen molar-refractivity contribution in [1.29, 1.82) is 0 Å². The molecule has 2 aliphatic heterocycles. The van der Waals surface area contributed by atoms with E-state index in [0.29, 0.717) is 18.9 Å². The van der Waals surface area contributed by atoms with Crippen molar-refractivity contribution >= 4 is 11.9 Å². The molecule has 4 heteroatoms. The van der Waals surface area contributed by atoms with Gasteiger partial charge in [0.05, 0.1) is 7.11 Å². The Labute approximate surface area is 70.5 Å². The lowest BCUT2D eigenvalue weighted by Gasteiger charge is -2.44. The van der Waals surface area contributed by atoms with Crippen LogP contribution in [0.15, 0.2) is 0 Å². The molecule has 2 atom stereocenters. The molecule has 66 valence electrons. The quantitative estimate of drug-likeness (QED) is 0.523. The highest BCUT2D eigenvalue weighted by Gasteiger charge is 2.46. The third-order valence-electron chi connectivity index (χ3n) is 2.69. The molecule has 3 aliphatic rings. The Morgan fingerprint density at radius 2 is 2.08 bits per heavy atom. The Hall–Kier alpha value is -1.06. The number of ether oxygens (including phenoxy) is 1. The van der Waals surface area contributed by atoms with Crippen molar-refractivity contribution in [2.75, 3.05) is 20.2 Å². The summed E-state index contributed by atoms with van der Waals surface area (Å²) in [7, 11) is 1.37. The molecular formula is C8H11NO3. The SMILES string of the molecule is COC(=O)N1CC2CC(C1)C2=O. The molecule has 0 aromatic heterocycles. The van der Waals surface area contributed by atoms with Gasteiger partial charge >= 0.3 is 6.09 Å². The van der Waals surface area contributed by atoms with Crippen molar-refractivity contribution in [3.8, 4) is 0 Å². The summed E-state index contributed by atoms with van der Waals surface area (Å²) in [5.74, 6) is 0.529. The van der Waals surface area contributed by atoms with Gasteiger partial charge in [0.2, 0.25) is 0 Å². The summed E-state index contributed by atoms with van der Waals surface area (Å²) in [6, 6.07) is 0. The maximum Gasteiger partial charge on any atom is 0.409 e. The molecule has 0 aromatic carbocycles. The summed E-state index contributed by atoms with van der Waals surface area (Å²) in [5, 5.41) is 0. The summed E-state index contributed by atoms with van der Waals surface area (Å²) in [6.45, 7) is 1.12. The number of piperidine rings is 2. The predicted molar refractivity (Wildman–Crippen MR) is 40.6 cm³/mol. The number of carbonyl (C=O) groups is 2. The Kier molecular flexibility index (Phi) is 1.56. The molecule has 2 unspecified atom stereocenters. The van der Waals surface area contributed by atoms with Crippen molar-refractivity contribution in [3.05, 3.63) is 0 Å². The summed E-state index contributed by atoms with van der Waals surface area (Å²) in [6.07, 6.45) is 0.656. The monoisotopic (exact) mass is 169 g/mol. The second-order valence-corrected chi connectivity index (χ2v) is 3.41. The first-order valence-electron chi connectivity index (χ1n) is 4.09. The molecule has 2 saturated heterocycles. The van der Waals surface area contributed by atoms with Gasteiger partial charge in [-0.05, 0) is 6.42 Å². The number of methoxy groups -OCH3 is 1. The first-order chi connectivity index (χ1) is 5.72. The van der Waals surface area contributed by atoms with Gasteiger partial charge in [-0.15, -0.1) is 0 Å². The van der Waals surface area contributed by atoms with E-state index in [9.17, 15) is 9.59 Å². The van der Waals surface area contributed by atoms with Crippen LogP contribution >= 0.6 is 0 Å². The van der Waals surface area contributed by atoms with Gasteiger partial charge in [-0.1, -0.05) is 0 Å². The number of nitrogens with zero attached hydrogens (tertiary/aromatic N) is 1. The molecule has 0 aromatic rings. The van der Waals surface area contributed by atoms with Gasteiger partial charge in [0.25, 0.3) is 0 Å². The fourth-order valence-electron chi connectivity index (χ4n) is 1.96. The van der Waals surface area contributed by atoms with E-state index in [4.69, 9.17) is 0 Å². The number of carbonyl (C=O) groups excluding carboxylic acids is 2. The smallest absolute Gasteiger partial charge is 0.409 e. The van der Waals surface area contributed by atoms with E-state index in [1.807, 2.05) is 0 Å². The molecule has 1 aliphatic carbocycles. The summed E-state index contributed by atoms with van der Waals surface area (Å²) >= 11 is 0. The minimum Gasteiger partial charge on any atom is -0.453 e. The number of ketones is 1. The van der Waals surface area contributed by atoms with E-state index >= 15 is 0 Å². The van der Waals surface area contributed by atoms with Crippen molar-refractivity contribution in [2.24, 2.45) is 11.8 Å². The first-order valence-corrected chi connectivity index (χ1v) is 4.09. The Balaban J connectivity index is 1.99. The van der Waals surface area contributed by atoms with Gasteiger partial charge in [0.1, 0.15) is 5.78 Å². The summed E-state index contributed by atoms with van der Waals surface area (Å²) in [4.78, 5) is 23.8. The molecule has 1 amide bonds. The highest BCUT2D eigenvalue weighted by Crippen LogP contribution is 2.35. The van der Waals surface area contributed by atoms with E-state index in [-0.39, 0.29) is 17.9 Å². The normalized spacial score (nSPS) is 32.8. The van der Waals surface area contributed by atoms with E-state index < -0.39 is 0 Å². The van der Waals surface area contributed by atoms with Crippen molar-refractivity contribution in [1.82, 2.24) is 4.90 Å². The first kappa shape index (κ1) is 7.58. The van der Waals surface area contributed by atoms with Gasteiger partial charge in [0, 0.05) is 24.9 Å². The van der Waals surface area contributed by atoms with Crippen LogP contribution in [0.4, 0.5) is 4.79 Å². The van der Waals surface area contributed by atoms with E-state index in [1.54, 1.807) is 4.90 Å². The standard InChI is InChI=1S/C8H11NO3/c1-12-8(11)9-3-5-2-6(4-9)7(5)10/h5-6H,2-4H2,1H3. The zero-order valence-electron chi connectivity index (χ0n) is 6.95. The molecule has 0 radical (unpaired) electrons. The number of amides is 1. The van der Waals surface area contributed by atoms with Gasteiger partial charge in [0.15, 0.2) is 0 Å². The van der Waals surface area contributed by atoms with Crippen molar-refractivity contribution in [2.45, 2.75) is 6.42 Å². The number of fused-ring (bicyclic) bond motifs is 2. The van der Waals surface area contributed by atoms with Crippen molar-refractivity contribution < 1.29 is 14.3 Å². The topological polar surface area (TPSA) is 46.6 Å². The third-order valence-corrected chi connectivity index (χ3v) is 2.69. The number of Topliss-reactive ketones (excluding diaryl/α,β-unsaturated/α-hetero) is 1. The van der Waals surface area contributed by atoms with E-state index in [2.05, 4.69) is 4.74 Å². The minimum atomic E-state index is -0.308. The largest absolute Gasteiger partial charge is 0.453 e. The van der Waals surface area contributed by atoms with Crippen LogP contribution in [-0.4, -0.2) is 37.0 Å². The third kappa shape index (κ3) is 0.906. The molecule has 3 rings (SSSR count). The van der Waals surface area contributed by atoms with Crippen LogP contribution in [0.1, 0.15) is 6.42 Å². The van der Waals surface area contributed by atoms with Crippen LogP contribution in [0.2, 0.25) is 0 Å². The fourth-order valence-corrected chi connectivity index (χ4v) is 1.96. The van der Waals surface area contributed by atoms with Crippen LogP contribution in [0.25, 0.3) is 0 Å². The number of hydrogen-bond acceptors (Lipinski definition) is 3. The van der Waals surface area contributed by atoms with Gasteiger partial charge in [-0.25, -0.2) is 4.79 Å². The maximum atomic E-state index is 11.1. The molecule has 1 saturated carbocycles. The maximum absolute atomic E-state index is 11.1. The average Bonchev–Trinajstić information content (AvgIpc) is 2.16. The summed E-state index contributed by atoms with van der Waals surface area (Å²) < 4.78 is 4.57. The number of hydrogen-bond donors (Lipinski definition) is 0. The molecule has 0 spiro atoms. The molecular weight excluding hydrogens is 158 g/mol. The molecule has 0 N–H and O–H groups in total. The molecule has 2 bridgehead atoms. The number of rotatable bonds is 0. The van der Waals surface area contributed by atoms with Gasteiger partial charge in [-0.2, -0.15) is 0 Å². The van der Waals surface area contributed by atoms with Crippen molar-refractivity contribution in [3.63, 3.8) is 0 Å². The molecule has 3 fully saturated rings. The molecule has 4 nitrogen and oxygen atoms in total. The fraction of sp³-hybridized carbons (Fsp3) is 0.750. The molecule has 12 heavy (non-hydrogen) atoms. The second-order valence-electron chi connectivity index (χ2n) is 3.41. The summed E-state index contributed by atoms with van der Waals surface area (Å²) in [5.41, 5.74) is 0. The highest BCUT2D eigenvalue weighted by molar-refractivity contribution is 5.91. The van der Waals surface area contributed by atoms with Crippen LogP contribution in [-0.2, 0) is 9.53 Å². The Bertz CT molecular complexity index is 224. The van der Waals surface area contributed by atoms with Gasteiger partial charge in [-0.3, -0.25) is 4.79 Å². The highest BCUT2D eigenvalue weighted by atomic mass is 16.5. The zero-order chi connectivity index (χ0) is 8.72. The van der Waals surface area contributed by atoms with Crippen LogP contribution in [0.5, 0.6) is 0 Å². The van der Waals surface area contributed by atoms with Gasteiger partial charge < -0.3 is 9.64 Å². The van der Waals surface area contributed by atoms with Crippen LogP contribution in [0, 0.1) is 11.8 Å². The molecule has 2 heterocycles. The van der Waals surface area contributed by atoms with E-state index in [1.165, 1.54) is 7.11 Å². The average molecular weight is 169 g/mol. The minimum absolute atomic E-state index is 0.0999. The van der Waals surface area contributed by atoms with Crippen LogP contribution in [0.3, 0.4) is 0 Å². The van der Waals surface area contributed by atoms with E-state index in [0.717, 1.165) is 6.42 Å². The predicted octanol–water partition coefficient (Wildman–Crippen LogP) is 0.274. The second kappa shape index (κ2) is 2.47. The van der Waals surface area contributed by atoms with Crippen LogP contribution < -0.4 is 0 Å². The lowest BCUT2D eigenvalue weighted by molar-refractivity contribution is -0.142. The lowest BCUT2D eigenvalue weighted by Crippen LogP contribution is -2.57. The lowest BCUT2D eigenvalue weighted by atomic mass is 9.70. The zero-order valence-corrected chi connectivity index (χ0v) is 6.95.